The molecule has 0 saturated heterocycles. The lowest BCUT2D eigenvalue weighted by atomic mass is 9.84. The first-order valence-electron chi connectivity index (χ1n) is 15.7. The molecule has 3 aromatic carbocycles. The predicted octanol–water partition coefficient (Wildman–Crippen LogP) is 4.76. The van der Waals surface area contributed by atoms with E-state index in [0.717, 1.165) is 11.1 Å². The van der Waals surface area contributed by atoms with Crippen LogP contribution >= 0.6 is 0 Å². The number of nitrogen functional groups attached to an aromatic ring is 1. The van der Waals surface area contributed by atoms with Crippen molar-refractivity contribution < 1.29 is 27.9 Å². The maximum atomic E-state index is 13.7. The van der Waals surface area contributed by atoms with E-state index in [0.29, 0.717) is 24.9 Å². The number of rotatable bonds is 17. The molecule has 10 nitrogen and oxygen atoms in total. The number of nitrogens with one attached hydrogen (secondary N) is 2. The summed E-state index contributed by atoms with van der Waals surface area (Å²) in [4.78, 5) is 26.2. The quantitative estimate of drug-likeness (QED) is 0.154. The van der Waals surface area contributed by atoms with Crippen molar-refractivity contribution in [3.8, 4) is 0 Å². The molecule has 0 heterocycles. The third-order valence-electron chi connectivity index (χ3n) is 8.03. The minimum atomic E-state index is -3.90. The first-order valence-corrected chi connectivity index (χ1v) is 17.1. The van der Waals surface area contributed by atoms with Gasteiger partial charge in [0, 0.05) is 30.7 Å². The molecule has 0 saturated carbocycles. The highest BCUT2D eigenvalue weighted by Crippen LogP contribution is 2.29. The molecule has 1 unspecified atom stereocenters. The van der Waals surface area contributed by atoms with Gasteiger partial charge in [-0.25, -0.2) is 13.2 Å². The van der Waals surface area contributed by atoms with Crippen LogP contribution in [-0.4, -0.2) is 68.7 Å². The van der Waals surface area contributed by atoms with Gasteiger partial charge >= 0.3 is 6.09 Å². The first kappa shape index (κ1) is 36.5. The van der Waals surface area contributed by atoms with Gasteiger partial charge in [0.05, 0.1) is 18.6 Å². The second-order valence-corrected chi connectivity index (χ2v) is 13.9. The van der Waals surface area contributed by atoms with E-state index in [1.165, 1.54) is 23.5 Å². The Hall–Kier alpha value is -3.93. The molecule has 0 bridgehead atoms. The molecule has 0 aliphatic rings. The van der Waals surface area contributed by atoms with Crippen LogP contribution in [0.2, 0.25) is 0 Å². The molecule has 3 rings (SSSR count). The molecule has 2 amide bonds. The van der Waals surface area contributed by atoms with Gasteiger partial charge in [-0.2, -0.15) is 4.31 Å². The number of benzene rings is 3. The monoisotopic (exact) mass is 652 g/mol. The van der Waals surface area contributed by atoms with Crippen LogP contribution in [0.5, 0.6) is 0 Å². The highest BCUT2D eigenvalue weighted by Gasteiger charge is 2.34. The van der Waals surface area contributed by atoms with Crippen molar-refractivity contribution >= 4 is 27.7 Å². The number of methoxy groups -OCH3 is 1. The van der Waals surface area contributed by atoms with Crippen LogP contribution in [0.3, 0.4) is 0 Å². The van der Waals surface area contributed by atoms with Crippen LogP contribution in [0.25, 0.3) is 0 Å². The maximum Gasteiger partial charge on any atom is 0.407 e. The molecule has 0 aromatic heterocycles. The average Bonchev–Trinajstić information content (AvgIpc) is 3.04. The lowest BCUT2D eigenvalue weighted by molar-refractivity contribution is -0.123. The third-order valence-corrected chi connectivity index (χ3v) is 10.0. The van der Waals surface area contributed by atoms with E-state index in [1.54, 1.807) is 12.1 Å². The Bertz CT molecular complexity index is 1430. The van der Waals surface area contributed by atoms with Crippen LogP contribution in [0.15, 0.2) is 89.8 Å². The van der Waals surface area contributed by atoms with Crippen molar-refractivity contribution in [2.75, 3.05) is 32.5 Å². The number of amides is 2. The Morgan fingerprint density at radius 1 is 0.891 bits per heavy atom. The number of hydrogen-bond acceptors (Lipinski definition) is 7. The molecule has 0 spiro atoms. The molecule has 0 fully saturated rings. The number of aliphatic hydroxyl groups excluding tert-OH is 1. The molecular formula is C35H48N4O6S. The average molecular weight is 653 g/mol. The molecule has 11 heteroatoms. The zero-order valence-corrected chi connectivity index (χ0v) is 28.0. The highest BCUT2D eigenvalue weighted by molar-refractivity contribution is 7.89. The van der Waals surface area contributed by atoms with E-state index in [1.807, 2.05) is 81.4 Å². The molecule has 5 N–H and O–H groups in total. The number of carbonyl (C=O) groups excluding carboxylic acids is 2. The molecule has 0 aliphatic carbocycles. The first-order chi connectivity index (χ1) is 22.0. The van der Waals surface area contributed by atoms with Gasteiger partial charge in [-0.3, -0.25) is 4.79 Å². The number of aliphatic hydroxyl groups is 1. The van der Waals surface area contributed by atoms with Gasteiger partial charge in [-0.1, -0.05) is 81.4 Å². The van der Waals surface area contributed by atoms with Crippen molar-refractivity contribution in [3.05, 3.63) is 96.1 Å². The van der Waals surface area contributed by atoms with E-state index in [2.05, 4.69) is 10.6 Å². The minimum Gasteiger partial charge on any atom is -0.453 e. The summed E-state index contributed by atoms with van der Waals surface area (Å²) in [6, 6.07) is 23.4. The lowest BCUT2D eigenvalue weighted by Crippen LogP contribution is -2.50. The Labute approximate surface area is 273 Å². The number of nitrogens with zero attached hydrogens (tertiary/aromatic N) is 1. The van der Waals surface area contributed by atoms with E-state index >= 15 is 0 Å². The molecule has 0 aliphatic heterocycles. The van der Waals surface area contributed by atoms with Gasteiger partial charge in [-0.15, -0.1) is 0 Å². The van der Waals surface area contributed by atoms with E-state index in [4.69, 9.17) is 10.5 Å². The number of sulfonamides is 1. The Balaban J connectivity index is 1.75. The van der Waals surface area contributed by atoms with Crippen LogP contribution in [0, 0.1) is 11.8 Å². The summed E-state index contributed by atoms with van der Waals surface area (Å²) in [5, 5.41) is 16.1. The molecule has 3 aromatic rings. The zero-order chi connectivity index (χ0) is 33.7. The van der Waals surface area contributed by atoms with Crippen molar-refractivity contribution in [1.29, 1.82) is 0 Å². The van der Waals surface area contributed by atoms with E-state index in [9.17, 15) is 23.1 Å². The topological polar surface area (TPSA) is 151 Å². The number of carbonyl (C=O) groups is 2. The third kappa shape index (κ3) is 10.3. The Morgan fingerprint density at radius 3 is 1.96 bits per heavy atom. The van der Waals surface area contributed by atoms with Crippen LogP contribution in [0.4, 0.5) is 10.5 Å². The van der Waals surface area contributed by atoms with Crippen LogP contribution < -0.4 is 16.4 Å². The summed E-state index contributed by atoms with van der Waals surface area (Å²) in [7, 11) is -2.64. The molecule has 0 radical (unpaired) electrons. The van der Waals surface area contributed by atoms with Crippen LogP contribution in [0.1, 0.15) is 57.1 Å². The lowest BCUT2D eigenvalue weighted by Gasteiger charge is -2.32. The predicted molar refractivity (Wildman–Crippen MR) is 181 cm³/mol. The molecule has 3 atom stereocenters. The normalized spacial score (nSPS) is 13.7. The second-order valence-electron chi connectivity index (χ2n) is 12.0. The van der Waals surface area contributed by atoms with Crippen molar-refractivity contribution in [2.45, 2.75) is 62.9 Å². The summed E-state index contributed by atoms with van der Waals surface area (Å²) in [6.07, 6.45) is 0.821. The zero-order valence-electron chi connectivity index (χ0n) is 27.1. The number of anilines is 1. The van der Waals surface area contributed by atoms with E-state index in [-0.39, 0.29) is 42.3 Å². The smallest absolute Gasteiger partial charge is 0.407 e. The van der Waals surface area contributed by atoms with Gasteiger partial charge in [0.1, 0.15) is 6.04 Å². The fourth-order valence-electron chi connectivity index (χ4n) is 5.46. The standard InChI is InChI=1S/C35H48N4O6S/c1-25(2)20-22-39(46(43,44)31-17-15-29(36)16-18-31)30(24-40)23-26(3)19-21-37-34(41)33(38-35(42)45-4)32(27-11-7-5-8-12-27)28-13-9-6-10-14-28/h5-18,25-26,30,32-33,40H,19-24,36H2,1-4H3,(H,37,41)(H,38,42)/t26?,30-,33-/m0/s1. The minimum absolute atomic E-state index is 0.0494. The van der Waals surface area contributed by atoms with Gasteiger partial charge in [0.15, 0.2) is 0 Å². The van der Waals surface area contributed by atoms with E-state index < -0.39 is 34.1 Å². The summed E-state index contributed by atoms with van der Waals surface area (Å²) in [6.45, 7) is 6.21. The van der Waals surface area contributed by atoms with Crippen LogP contribution in [-0.2, 0) is 19.6 Å². The summed E-state index contributed by atoms with van der Waals surface area (Å²) in [5.41, 5.74) is 7.96. The van der Waals surface area contributed by atoms with Gasteiger partial charge < -0.3 is 26.2 Å². The van der Waals surface area contributed by atoms with Crippen molar-refractivity contribution in [3.63, 3.8) is 0 Å². The second kappa shape index (κ2) is 17.7. The highest BCUT2D eigenvalue weighted by atomic mass is 32.2. The Morgan fingerprint density at radius 2 is 1.46 bits per heavy atom. The van der Waals surface area contributed by atoms with Gasteiger partial charge in [0.2, 0.25) is 15.9 Å². The molecular weight excluding hydrogens is 604 g/mol. The SMILES string of the molecule is COC(=O)N[C@H](C(=O)NCCC(C)C[C@@H](CO)N(CCC(C)C)S(=O)(=O)c1ccc(N)cc1)C(c1ccccc1)c1ccccc1. The summed E-state index contributed by atoms with van der Waals surface area (Å²) < 4.78 is 33.7. The Kier molecular flexibility index (Phi) is 14.0. The number of nitrogens with two attached hydrogens (primary N) is 1. The largest absolute Gasteiger partial charge is 0.453 e. The number of ether oxygens (including phenoxy) is 1. The number of alkyl carbamates (subject to hydrolysis) is 1. The fourth-order valence-corrected chi connectivity index (χ4v) is 7.10. The fraction of sp³-hybridized carbons (Fsp3) is 0.429. The van der Waals surface area contributed by atoms with Crippen molar-refractivity contribution in [2.24, 2.45) is 11.8 Å². The molecule has 250 valence electrons. The molecule has 46 heavy (non-hydrogen) atoms. The summed E-state index contributed by atoms with van der Waals surface area (Å²) >= 11 is 0. The van der Waals surface area contributed by atoms with Gasteiger partial charge in [0.25, 0.3) is 0 Å². The maximum absolute atomic E-state index is 13.7. The van der Waals surface area contributed by atoms with Gasteiger partial charge in [-0.05, 0) is 66.5 Å². The number of hydrogen-bond donors (Lipinski definition) is 4. The summed E-state index contributed by atoms with van der Waals surface area (Å²) in [5.74, 6) is -0.644. The van der Waals surface area contributed by atoms with Crippen molar-refractivity contribution in [1.82, 2.24) is 14.9 Å².